The van der Waals surface area contributed by atoms with Gasteiger partial charge < -0.3 is 19.9 Å². The van der Waals surface area contributed by atoms with E-state index in [0.717, 1.165) is 22.7 Å². The summed E-state index contributed by atoms with van der Waals surface area (Å²) in [7, 11) is 1.64. The molecular weight excluding hydrogens is 332 g/mol. The van der Waals surface area contributed by atoms with Crippen molar-refractivity contribution in [2.45, 2.75) is 6.92 Å². The second-order valence-electron chi connectivity index (χ2n) is 5.42. The molecule has 0 atom stereocenters. The number of aromatic nitrogens is 3. The van der Waals surface area contributed by atoms with Gasteiger partial charge in [0.05, 0.1) is 19.4 Å². The molecule has 0 saturated carbocycles. The minimum absolute atomic E-state index is 0.335. The molecule has 0 aliphatic rings. The third kappa shape index (κ3) is 3.94. The zero-order valence-electron chi connectivity index (χ0n) is 14.9. The van der Waals surface area contributed by atoms with Gasteiger partial charge in [0.25, 0.3) is 0 Å². The Kier molecular flexibility index (Phi) is 5.70. The van der Waals surface area contributed by atoms with Crippen molar-refractivity contribution in [2.24, 2.45) is 5.73 Å². The van der Waals surface area contributed by atoms with Gasteiger partial charge in [-0.25, -0.2) is 4.68 Å². The Morgan fingerprint density at radius 3 is 2.27 bits per heavy atom. The number of methoxy groups -OCH3 is 1. The van der Waals surface area contributed by atoms with Crippen LogP contribution in [0.3, 0.4) is 0 Å². The molecule has 0 radical (unpaired) electrons. The summed E-state index contributed by atoms with van der Waals surface area (Å²) >= 11 is 0. The van der Waals surface area contributed by atoms with Gasteiger partial charge in [-0.15, -0.1) is 5.10 Å². The molecule has 7 heteroatoms. The molecule has 2 N–H and O–H groups in total. The summed E-state index contributed by atoms with van der Waals surface area (Å²) in [6, 6.07) is 15.6. The predicted molar refractivity (Wildman–Crippen MR) is 99.1 cm³/mol. The molecule has 2 aromatic carbocycles. The SMILES string of the molecule is CCOc1nc(-c2ccc(OCCN)cc2)n(-c2ccc(OC)cc2)n1. The number of nitrogens with two attached hydrogens (primary N) is 1. The maximum absolute atomic E-state index is 5.52. The number of ether oxygens (including phenoxy) is 3. The van der Waals surface area contributed by atoms with Crippen molar-refractivity contribution in [1.29, 1.82) is 0 Å². The van der Waals surface area contributed by atoms with Crippen molar-refractivity contribution in [3.05, 3.63) is 48.5 Å². The second kappa shape index (κ2) is 8.35. The molecule has 136 valence electrons. The fourth-order valence-corrected chi connectivity index (χ4v) is 2.45. The monoisotopic (exact) mass is 354 g/mol. The van der Waals surface area contributed by atoms with Crippen molar-refractivity contribution in [2.75, 3.05) is 26.9 Å². The lowest BCUT2D eigenvalue weighted by molar-refractivity contribution is 0.312. The highest BCUT2D eigenvalue weighted by Crippen LogP contribution is 2.26. The Morgan fingerprint density at radius 1 is 0.962 bits per heavy atom. The van der Waals surface area contributed by atoms with Gasteiger partial charge in [-0.1, -0.05) is 0 Å². The van der Waals surface area contributed by atoms with E-state index in [9.17, 15) is 0 Å². The first-order valence-electron chi connectivity index (χ1n) is 8.42. The number of nitrogens with zero attached hydrogens (tertiary/aromatic N) is 3. The van der Waals surface area contributed by atoms with Crippen LogP contribution in [0.5, 0.6) is 17.5 Å². The van der Waals surface area contributed by atoms with E-state index in [-0.39, 0.29) is 0 Å². The van der Waals surface area contributed by atoms with Crippen molar-refractivity contribution in [3.63, 3.8) is 0 Å². The number of hydrogen-bond donors (Lipinski definition) is 1. The van der Waals surface area contributed by atoms with Gasteiger partial charge in [0.1, 0.15) is 18.1 Å². The zero-order valence-corrected chi connectivity index (χ0v) is 14.9. The van der Waals surface area contributed by atoms with Gasteiger partial charge >= 0.3 is 6.01 Å². The van der Waals surface area contributed by atoms with Crippen LogP contribution in [0.2, 0.25) is 0 Å². The fraction of sp³-hybridized carbons (Fsp3) is 0.263. The van der Waals surface area contributed by atoms with Crippen LogP contribution in [-0.2, 0) is 0 Å². The average Bonchev–Trinajstić information content (AvgIpc) is 3.11. The van der Waals surface area contributed by atoms with Gasteiger partial charge in [0.15, 0.2) is 5.82 Å². The van der Waals surface area contributed by atoms with Gasteiger partial charge in [-0.2, -0.15) is 4.98 Å². The highest BCUT2D eigenvalue weighted by molar-refractivity contribution is 5.59. The fourth-order valence-electron chi connectivity index (χ4n) is 2.45. The number of hydrogen-bond acceptors (Lipinski definition) is 6. The Labute approximate surface area is 152 Å². The quantitative estimate of drug-likeness (QED) is 0.669. The van der Waals surface area contributed by atoms with Gasteiger partial charge in [-0.05, 0) is 55.5 Å². The first-order chi connectivity index (χ1) is 12.7. The van der Waals surface area contributed by atoms with Crippen LogP contribution in [0.25, 0.3) is 17.1 Å². The van der Waals surface area contributed by atoms with Crippen molar-refractivity contribution in [3.8, 4) is 34.6 Å². The molecule has 0 aliphatic heterocycles. The van der Waals surface area contributed by atoms with Crippen LogP contribution in [0, 0.1) is 0 Å². The highest BCUT2D eigenvalue weighted by Gasteiger charge is 2.15. The molecule has 0 aliphatic carbocycles. The molecule has 7 nitrogen and oxygen atoms in total. The van der Waals surface area contributed by atoms with Gasteiger partial charge in [-0.3, -0.25) is 0 Å². The number of benzene rings is 2. The minimum atomic E-state index is 0.335. The van der Waals surface area contributed by atoms with Gasteiger partial charge in [0.2, 0.25) is 0 Å². The lowest BCUT2D eigenvalue weighted by atomic mass is 10.2. The smallest absolute Gasteiger partial charge is 0.336 e. The molecule has 3 aromatic rings. The molecule has 26 heavy (non-hydrogen) atoms. The van der Waals surface area contributed by atoms with Crippen molar-refractivity contribution < 1.29 is 14.2 Å². The van der Waals surface area contributed by atoms with E-state index in [4.69, 9.17) is 19.9 Å². The van der Waals surface area contributed by atoms with E-state index in [1.807, 2.05) is 55.5 Å². The van der Waals surface area contributed by atoms with E-state index < -0.39 is 0 Å². The maximum atomic E-state index is 5.52. The molecular formula is C19H22N4O3. The maximum Gasteiger partial charge on any atom is 0.336 e. The molecule has 0 fully saturated rings. The lowest BCUT2D eigenvalue weighted by Gasteiger charge is -2.08. The molecule has 0 amide bonds. The molecule has 1 heterocycles. The summed E-state index contributed by atoms with van der Waals surface area (Å²) in [5.74, 6) is 2.23. The molecule has 1 aromatic heterocycles. The third-order valence-corrected chi connectivity index (χ3v) is 3.68. The zero-order chi connectivity index (χ0) is 18.4. The predicted octanol–water partition coefficient (Wildman–Crippen LogP) is 2.68. The van der Waals surface area contributed by atoms with E-state index in [1.165, 1.54) is 0 Å². The Bertz CT molecular complexity index is 829. The topological polar surface area (TPSA) is 84.4 Å². The molecule has 0 saturated heterocycles. The highest BCUT2D eigenvalue weighted by atomic mass is 16.5. The van der Waals surface area contributed by atoms with Crippen LogP contribution < -0.4 is 19.9 Å². The third-order valence-electron chi connectivity index (χ3n) is 3.68. The number of rotatable bonds is 8. The Morgan fingerprint density at radius 2 is 1.65 bits per heavy atom. The average molecular weight is 354 g/mol. The molecule has 0 spiro atoms. The van der Waals surface area contributed by atoms with Crippen LogP contribution >= 0.6 is 0 Å². The minimum Gasteiger partial charge on any atom is -0.497 e. The normalized spacial score (nSPS) is 10.6. The lowest BCUT2D eigenvalue weighted by Crippen LogP contribution is -2.10. The summed E-state index contributed by atoms with van der Waals surface area (Å²) < 4.78 is 18.0. The summed E-state index contributed by atoms with van der Waals surface area (Å²) in [6.45, 7) is 3.36. The van der Waals surface area contributed by atoms with Gasteiger partial charge in [0, 0.05) is 12.1 Å². The Hall–Kier alpha value is -3.06. The summed E-state index contributed by atoms with van der Waals surface area (Å²) in [6.07, 6.45) is 0. The van der Waals surface area contributed by atoms with E-state index in [2.05, 4.69) is 10.1 Å². The van der Waals surface area contributed by atoms with E-state index >= 15 is 0 Å². The van der Waals surface area contributed by atoms with E-state index in [0.29, 0.717) is 31.6 Å². The Balaban J connectivity index is 1.96. The first-order valence-corrected chi connectivity index (χ1v) is 8.42. The summed E-state index contributed by atoms with van der Waals surface area (Å²) in [5, 5.41) is 4.47. The van der Waals surface area contributed by atoms with Crippen LogP contribution in [0.4, 0.5) is 0 Å². The largest absolute Gasteiger partial charge is 0.497 e. The van der Waals surface area contributed by atoms with Crippen LogP contribution in [0.15, 0.2) is 48.5 Å². The summed E-state index contributed by atoms with van der Waals surface area (Å²) in [4.78, 5) is 4.52. The van der Waals surface area contributed by atoms with Crippen molar-refractivity contribution >= 4 is 0 Å². The van der Waals surface area contributed by atoms with E-state index in [1.54, 1.807) is 11.8 Å². The molecule has 3 rings (SSSR count). The molecule has 0 bridgehead atoms. The van der Waals surface area contributed by atoms with Crippen molar-refractivity contribution in [1.82, 2.24) is 14.8 Å². The van der Waals surface area contributed by atoms with Crippen LogP contribution in [0.1, 0.15) is 6.92 Å². The van der Waals surface area contributed by atoms with Crippen LogP contribution in [-0.4, -0.2) is 41.6 Å². The molecule has 0 unspecified atom stereocenters. The summed E-state index contributed by atoms with van der Waals surface area (Å²) in [5.41, 5.74) is 7.23. The first kappa shape index (κ1) is 17.8. The second-order valence-corrected chi connectivity index (χ2v) is 5.42. The standard InChI is InChI=1S/C19H22N4O3/c1-3-25-19-21-18(14-4-8-17(9-5-14)26-13-12-20)23(22-19)15-6-10-16(24-2)11-7-15/h4-11H,3,12-13,20H2,1-2H3.